The molecule has 0 aromatic heterocycles. The highest BCUT2D eigenvalue weighted by atomic mass is 32.2. The van der Waals surface area contributed by atoms with Crippen molar-refractivity contribution in [3.63, 3.8) is 0 Å². The molecule has 0 heterocycles. The molecule has 0 unspecified atom stereocenters. The molecule has 0 amide bonds. The van der Waals surface area contributed by atoms with Gasteiger partial charge in [0.1, 0.15) is 0 Å². The van der Waals surface area contributed by atoms with Crippen LogP contribution in [0.1, 0.15) is 0 Å². The molecular weight excluding hydrogens is 230 g/mol. The number of sulfonamides is 1. The Bertz CT molecular complexity index is 259. The Morgan fingerprint density at radius 3 is 2.47 bits per heavy atom. The zero-order valence-corrected chi connectivity index (χ0v) is 9.30. The summed E-state index contributed by atoms with van der Waals surface area (Å²) in [5.41, 5.74) is 0. The summed E-state index contributed by atoms with van der Waals surface area (Å²) in [6.07, 6.45) is -2.74. The third-order valence-corrected chi connectivity index (χ3v) is 3.53. The number of halogens is 2. The minimum Gasteiger partial charge on any atom is -0.395 e. The number of hydrogen-bond donors (Lipinski definition) is 2. The second-order valence-electron chi connectivity index (χ2n) is 2.89. The number of aliphatic hydroxyl groups is 1. The second kappa shape index (κ2) is 7.04. The molecule has 0 rings (SSSR count). The molecule has 0 aliphatic heterocycles. The Kier molecular flexibility index (Phi) is 6.90. The van der Waals surface area contributed by atoms with E-state index in [2.05, 4.69) is 5.32 Å². The van der Waals surface area contributed by atoms with Crippen LogP contribution >= 0.6 is 0 Å². The third-order valence-electron chi connectivity index (χ3n) is 1.69. The normalized spacial score (nSPS) is 12.7. The summed E-state index contributed by atoms with van der Waals surface area (Å²) < 4.78 is 47.6. The molecular formula is C7H16F2N2O3S. The number of nitrogens with zero attached hydrogens (tertiary/aromatic N) is 1. The van der Waals surface area contributed by atoms with Crippen molar-refractivity contribution in [1.82, 2.24) is 9.62 Å². The van der Waals surface area contributed by atoms with E-state index < -0.39 is 29.6 Å². The van der Waals surface area contributed by atoms with Gasteiger partial charge < -0.3 is 10.4 Å². The van der Waals surface area contributed by atoms with Crippen LogP contribution in [0.4, 0.5) is 8.78 Å². The van der Waals surface area contributed by atoms with Gasteiger partial charge in [0.25, 0.3) is 6.43 Å². The molecule has 8 heteroatoms. The molecule has 0 aromatic rings. The van der Waals surface area contributed by atoms with Gasteiger partial charge in [0, 0.05) is 13.1 Å². The summed E-state index contributed by atoms with van der Waals surface area (Å²) in [5, 5.41) is 11.2. The highest BCUT2D eigenvalue weighted by Gasteiger charge is 2.24. The molecule has 0 spiro atoms. The maximum atomic E-state index is 12.1. The van der Waals surface area contributed by atoms with Crippen LogP contribution in [0.3, 0.4) is 0 Å². The Morgan fingerprint density at radius 1 is 1.47 bits per heavy atom. The van der Waals surface area contributed by atoms with Crippen molar-refractivity contribution in [3.8, 4) is 0 Å². The number of alkyl halides is 2. The average molecular weight is 246 g/mol. The molecule has 92 valence electrons. The average Bonchev–Trinajstić information content (AvgIpc) is 2.13. The molecule has 15 heavy (non-hydrogen) atoms. The van der Waals surface area contributed by atoms with Gasteiger partial charge in [-0.25, -0.2) is 17.2 Å². The van der Waals surface area contributed by atoms with E-state index in [0.717, 1.165) is 0 Å². The lowest BCUT2D eigenvalue weighted by atomic mass is 10.6. The fraction of sp³-hybridized carbons (Fsp3) is 1.00. The Labute approximate surface area is 88.1 Å². The van der Waals surface area contributed by atoms with E-state index in [1.165, 1.54) is 0 Å². The lowest BCUT2D eigenvalue weighted by Crippen LogP contribution is -2.40. The van der Waals surface area contributed by atoms with Crippen molar-refractivity contribution in [3.05, 3.63) is 0 Å². The van der Waals surface area contributed by atoms with E-state index in [9.17, 15) is 17.2 Å². The standard InChI is InChI=1S/C7H16F2N2O3S/c1-10-2-5-15(13,14)11(3-4-12)6-7(8)9/h7,10,12H,2-6H2,1H3. The van der Waals surface area contributed by atoms with Crippen molar-refractivity contribution in [2.45, 2.75) is 6.43 Å². The lowest BCUT2D eigenvalue weighted by Gasteiger charge is -2.20. The summed E-state index contributed by atoms with van der Waals surface area (Å²) in [6, 6.07) is 0. The molecule has 0 aromatic carbocycles. The van der Waals surface area contributed by atoms with Gasteiger partial charge in [0.2, 0.25) is 10.0 Å². The van der Waals surface area contributed by atoms with Crippen molar-refractivity contribution < 1.29 is 22.3 Å². The van der Waals surface area contributed by atoms with Crippen LogP contribution in [0, 0.1) is 0 Å². The first kappa shape index (κ1) is 14.7. The molecule has 0 fully saturated rings. The summed E-state index contributed by atoms with van der Waals surface area (Å²) in [4.78, 5) is 0. The number of rotatable bonds is 8. The zero-order chi connectivity index (χ0) is 11.9. The van der Waals surface area contributed by atoms with Crippen LogP contribution in [0.5, 0.6) is 0 Å². The predicted octanol–water partition coefficient (Wildman–Crippen LogP) is -0.905. The minimum absolute atomic E-state index is 0.188. The lowest BCUT2D eigenvalue weighted by molar-refractivity contribution is 0.113. The van der Waals surface area contributed by atoms with Gasteiger partial charge in [-0.2, -0.15) is 4.31 Å². The van der Waals surface area contributed by atoms with Crippen LogP contribution in [-0.2, 0) is 10.0 Å². The number of hydrogen-bond acceptors (Lipinski definition) is 4. The zero-order valence-electron chi connectivity index (χ0n) is 8.49. The van der Waals surface area contributed by atoms with Gasteiger partial charge in [0.15, 0.2) is 0 Å². The second-order valence-corrected chi connectivity index (χ2v) is 4.98. The van der Waals surface area contributed by atoms with E-state index >= 15 is 0 Å². The first-order chi connectivity index (χ1) is 6.94. The monoisotopic (exact) mass is 246 g/mol. The third kappa shape index (κ3) is 5.98. The van der Waals surface area contributed by atoms with Gasteiger partial charge >= 0.3 is 0 Å². The summed E-state index contributed by atoms with van der Waals surface area (Å²) in [7, 11) is -2.14. The Morgan fingerprint density at radius 2 is 2.07 bits per heavy atom. The fourth-order valence-corrected chi connectivity index (χ4v) is 2.39. The molecule has 2 N–H and O–H groups in total. The van der Waals surface area contributed by atoms with Crippen molar-refractivity contribution in [1.29, 1.82) is 0 Å². The van der Waals surface area contributed by atoms with Crippen LogP contribution < -0.4 is 5.32 Å². The molecule has 0 aliphatic rings. The molecule has 0 saturated heterocycles. The molecule has 0 aliphatic carbocycles. The van der Waals surface area contributed by atoms with Crippen LogP contribution in [0.2, 0.25) is 0 Å². The molecule has 0 radical (unpaired) electrons. The Balaban J connectivity index is 4.44. The molecule has 0 bridgehead atoms. The smallest absolute Gasteiger partial charge is 0.252 e. The molecule has 0 atom stereocenters. The summed E-state index contributed by atoms with van der Waals surface area (Å²) >= 11 is 0. The van der Waals surface area contributed by atoms with Gasteiger partial charge in [-0.05, 0) is 7.05 Å². The van der Waals surface area contributed by atoms with E-state index in [4.69, 9.17) is 5.11 Å². The van der Waals surface area contributed by atoms with E-state index in [1.807, 2.05) is 0 Å². The van der Waals surface area contributed by atoms with Crippen molar-refractivity contribution in [2.24, 2.45) is 0 Å². The Hall–Kier alpha value is -0.310. The maximum Gasteiger partial charge on any atom is 0.252 e. The highest BCUT2D eigenvalue weighted by molar-refractivity contribution is 7.89. The van der Waals surface area contributed by atoms with Crippen molar-refractivity contribution in [2.75, 3.05) is 39.0 Å². The maximum absolute atomic E-state index is 12.1. The van der Waals surface area contributed by atoms with Gasteiger partial charge in [-0.1, -0.05) is 0 Å². The quantitative estimate of drug-likeness (QED) is 0.582. The van der Waals surface area contributed by atoms with Crippen LogP contribution in [0.25, 0.3) is 0 Å². The van der Waals surface area contributed by atoms with Gasteiger partial charge in [-0.3, -0.25) is 0 Å². The first-order valence-corrected chi connectivity index (χ1v) is 6.06. The minimum atomic E-state index is -3.71. The fourth-order valence-electron chi connectivity index (χ4n) is 0.970. The van der Waals surface area contributed by atoms with E-state index in [-0.39, 0.29) is 18.8 Å². The highest BCUT2D eigenvalue weighted by Crippen LogP contribution is 2.05. The first-order valence-electron chi connectivity index (χ1n) is 4.45. The SMILES string of the molecule is CNCCS(=O)(=O)N(CCO)CC(F)F. The molecule has 0 saturated carbocycles. The van der Waals surface area contributed by atoms with Crippen LogP contribution in [-0.4, -0.2) is 63.3 Å². The van der Waals surface area contributed by atoms with Crippen molar-refractivity contribution >= 4 is 10.0 Å². The summed E-state index contributed by atoms with van der Waals surface area (Å²) in [6.45, 7) is -1.44. The summed E-state index contributed by atoms with van der Waals surface area (Å²) in [5.74, 6) is -0.254. The number of aliphatic hydroxyl groups excluding tert-OH is 1. The van der Waals surface area contributed by atoms with Gasteiger partial charge in [0.05, 0.1) is 18.9 Å². The van der Waals surface area contributed by atoms with E-state index in [1.54, 1.807) is 7.05 Å². The van der Waals surface area contributed by atoms with Crippen LogP contribution in [0.15, 0.2) is 0 Å². The largest absolute Gasteiger partial charge is 0.395 e. The molecule has 5 nitrogen and oxygen atoms in total. The number of nitrogens with one attached hydrogen (secondary N) is 1. The topological polar surface area (TPSA) is 69.6 Å². The van der Waals surface area contributed by atoms with Gasteiger partial charge in [-0.15, -0.1) is 0 Å². The predicted molar refractivity (Wildman–Crippen MR) is 52.4 cm³/mol. The van der Waals surface area contributed by atoms with E-state index in [0.29, 0.717) is 4.31 Å².